The molecule has 1 aliphatic heterocycles. The Hall–Kier alpha value is -5.05. The van der Waals surface area contributed by atoms with Gasteiger partial charge in [0.25, 0.3) is 11.1 Å². The molecule has 1 aromatic carbocycles. The lowest BCUT2D eigenvalue weighted by Gasteiger charge is -2.36. The topological polar surface area (TPSA) is 171 Å². The van der Waals surface area contributed by atoms with Crippen molar-refractivity contribution in [3.8, 4) is 11.4 Å². The molecule has 1 fully saturated rings. The zero-order valence-corrected chi connectivity index (χ0v) is 34.5. The van der Waals surface area contributed by atoms with Crippen LogP contribution in [0.1, 0.15) is 32.9 Å². The lowest BCUT2D eigenvalue weighted by molar-refractivity contribution is 0.0125. The summed E-state index contributed by atoms with van der Waals surface area (Å²) in [7, 11) is 0. The Morgan fingerprint density at radius 2 is 1.77 bits per heavy atom. The van der Waals surface area contributed by atoms with Crippen molar-refractivity contribution in [1.82, 2.24) is 34.8 Å². The molecule has 8 rings (SSSR count). The summed E-state index contributed by atoms with van der Waals surface area (Å²) in [6.07, 6.45) is 3.06. The molecule has 286 valence electrons. The monoisotopic (exact) mass is 983 g/mol. The number of nitrogens with zero attached hydrogens (tertiary/aromatic N) is 5. The van der Waals surface area contributed by atoms with Gasteiger partial charge < -0.3 is 30.2 Å². The number of alkyl halides is 1. The van der Waals surface area contributed by atoms with Gasteiger partial charge in [-0.05, 0) is 109 Å². The van der Waals surface area contributed by atoms with Crippen molar-refractivity contribution >= 4 is 106 Å². The molecule has 56 heavy (non-hydrogen) atoms. The van der Waals surface area contributed by atoms with Crippen LogP contribution in [-0.4, -0.2) is 71.8 Å². The van der Waals surface area contributed by atoms with Crippen LogP contribution >= 0.6 is 45.2 Å². The fourth-order valence-corrected chi connectivity index (χ4v) is 8.22. The first-order valence-corrected chi connectivity index (χ1v) is 19.8. The third-order valence-corrected chi connectivity index (χ3v) is 11.3. The van der Waals surface area contributed by atoms with E-state index in [1.807, 2.05) is 18.2 Å². The molecule has 0 saturated carbocycles. The number of ether oxygens (including phenoxy) is 1. The van der Waals surface area contributed by atoms with Crippen molar-refractivity contribution in [2.45, 2.75) is 51.6 Å². The summed E-state index contributed by atoms with van der Waals surface area (Å²) in [5.74, 6) is 0.181. The first-order chi connectivity index (χ1) is 26.8. The second-order valence-corrected chi connectivity index (χ2v) is 16.7. The number of amides is 1. The number of likely N-dealkylation sites (tertiary alicyclic amines) is 1. The van der Waals surface area contributed by atoms with E-state index in [2.05, 4.69) is 70.8 Å². The van der Waals surface area contributed by atoms with Crippen molar-refractivity contribution in [2.75, 3.05) is 23.7 Å². The summed E-state index contributed by atoms with van der Waals surface area (Å²) in [4.78, 5) is 65.7. The number of aromatic amines is 2. The van der Waals surface area contributed by atoms with Gasteiger partial charge in [0.05, 0.1) is 65.2 Å². The van der Waals surface area contributed by atoms with Crippen LogP contribution in [0, 0.1) is 13.0 Å². The molecule has 7 aromatic rings. The number of hydrogen-bond acceptors (Lipinski definition) is 10. The normalized spacial score (nSPS) is 16.2. The Labute approximate surface area is 344 Å². The number of aromatic nitrogens is 6. The highest BCUT2D eigenvalue weighted by Crippen LogP contribution is 2.37. The minimum atomic E-state index is -1.47. The van der Waals surface area contributed by atoms with E-state index >= 15 is 4.39 Å². The zero-order valence-electron chi connectivity index (χ0n) is 30.1. The van der Waals surface area contributed by atoms with Gasteiger partial charge in [-0.1, -0.05) is 6.07 Å². The van der Waals surface area contributed by atoms with Crippen LogP contribution < -0.4 is 21.8 Å². The maximum Gasteiger partial charge on any atom is 0.410 e. The van der Waals surface area contributed by atoms with Gasteiger partial charge in [-0.2, -0.15) is 0 Å². The molecule has 1 saturated heterocycles. The highest BCUT2D eigenvalue weighted by atomic mass is 127. The van der Waals surface area contributed by atoms with Gasteiger partial charge in [0.15, 0.2) is 0 Å². The Morgan fingerprint density at radius 1 is 0.982 bits per heavy atom. The molecule has 7 heterocycles. The molecular weight excluding hydrogens is 950 g/mol. The lowest BCUT2D eigenvalue weighted by atomic mass is 10.0. The summed E-state index contributed by atoms with van der Waals surface area (Å²) in [6.45, 7) is 5.66. The predicted octanol–water partition coefficient (Wildman–Crippen LogP) is 7.64. The van der Waals surface area contributed by atoms with E-state index in [9.17, 15) is 18.8 Å². The van der Waals surface area contributed by atoms with Gasteiger partial charge in [0, 0.05) is 46.7 Å². The number of carbonyl (C=O) groups is 1. The summed E-state index contributed by atoms with van der Waals surface area (Å²) >= 11 is 4.19. The number of anilines is 2. The average molecular weight is 984 g/mol. The summed E-state index contributed by atoms with van der Waals surface area (Å²) in [5, 5.41) is 8.94. The van der Waals surface area contributed by atoms with Crippen molar-refractivity contribution in [3.63, 3.8) is 0 Å². The van der Waals surface area contributed by atoms with E-state index < -0.39 is 35.3 Å². The number of hydrogen-bond donors (Lipinski definition) is 4. The first kappa shape index (κ1) is 37.9. The van der Waals surface area contributed by atoms with Gasteiger partial charge in [-0.25, -0.2) is 23.5 Å². The molecule has 4 N–H and O–H groups in total. The maximum atomic E-state index is 15.7. The van der Waals surface area contributed by atoms with Gasteiger partial charge in [0.2, 0.25) is 0 Å². The number of carbonyl (C=O) groups excluding carboxylic acids is 1. The van der Waals surface area contributed by atoms with Gasteiger partial charge in [-0.3, -0.25) is 19.6 Å². The van der Waals surface area contributed by atoms with Crippen LogP contribution in [0.15, 0.2) is 70.6 Å². The second kappa shape index (κ2) is 14.8. The minimum absolute atomic E-state index is 0.155. The SMILES string of the molecule is CC(C)(C)OC(=O)N1CC[C@H](Nc2nc3c(I)c(-c4cc5c(NCc6ccccn6)nc6c(I)c[nH]c(=O)c6c5cn4)[nH]c(=O)c3c3cc(F)ccc23)[C@@H](F)C1. The predicted molar refractivity (Wildman–Crippen MR) is 228 cm³/mol. The minimum Gasteiger partial charge on any atom is -0.444 e. The van der Waals surface area contributed by atoms with E-state index in [0.717, 1.165) is 9.26 Å². The number of piperidine rings is 1. The molecule has 1 aliphatic rings. The van der Waals surface area contributed by atoms with E-state index in [4.69, 9.17) is 19.7 Å². The summed E-state index contributed by atoms with van der Waals surface area (Å²) in [5.41, 5.74) is 0.647. The fourth-order valence-electron chi connectivity index (χ4n) is 6.87. The molecule has 0 radical (unpaired) electrons. The third-order valence-electron chi connectivity index (χ3n) is 9.47. The van der Waals surface area contributed by atoms with Gasteiger partial charge in [-0.15, -0.1) is 0 Å². The maximum absolute atomic E-state index is 15.7. The second-order valence-electron chi connectivity index (χ2n) is 14.4. The van der Waals surface area contributed by atoms with Crippen LogP contribution in [0.25, 0.3) is 54.7 Å². The lowest BCUT2D eigenvalue weighted by Crippen LogP contribution is -2.51. The Morgan fingerprint density at radius 3 is 2.52 bits per heavy atom. The molecule has 1 amide bonds. The third kappa shape index (κ3) is 7.21. The Kier molecular flexibility index (Phi) is 10.00. The Balaban J connectivity index is 1.23. The van der Waals surface area contributed by atoms with Crippen LogP contribution in [0.4, 0.5) is 25.2 Å². The molecule has 0 aliphatic carbocycles. The summed E-state index contributed by atoms with van der Waals surface area (Å²) < 4.78 is 37.3. The van der Waals surface area contributed by atoms with Crippen molar-refractivity contribution in [1.29, 1.82) is 0 Å². The fraction of sp³-hybridized carbons (Fsp3) is 0.256. The van der Waals surface area contributed by atoms with Crippen LogP contribution in [-0.2, 0) is 11.3 Å². The molecule has 0 bridgehead atoms. The molecular formula is C39H33F2I2N9O4. The molecule has 6 aromatic heterocycles. The highest BCUT2D eigenvalue weighted by molar-refractivity contribution is 14.1. The van der Waals surface area contributed by atoms with Crippen LogP contribution in [0.3, 0.4) is 0 Å². The average Bonchev–Trinajstić information content (AvgIpc) is 3.16. The molecule has 0 unspecified atom stereocenters. The van der Waals surface area contributed by atoms with Gasteiger partial charge >= 0.3 is 6.09 Å². The number of H-pyrrole nitrogens is 2. The molecule has 2 atom stereocenters. The molecule has 13 nitrogen and oxygen atoms in total. The van der Waals surface area contributed by atoms with Crippen molar-refractivity contribution in [2.24, 2.45) is 0 Å². The number of pyridine rings is 6. The van der Waals surface area contributed by atoms with E-state index in [1.54, 1.807) is 45.4 Å². The van der Waals surface area contributed by atoms with Crippen LogP contribution in [0.2, 0.25) is 0 Å². The molecule has 17 heteroatoms. The van der Waals surface area contributed by atoms with E-state index in [-0.39, 0.29) is 41.8 Å². The summed E-state index contributed by atoms with van der Waals surface area (Å²) in [6, 6.07) is 10.6. The Bertz CT molecular complexity index is 2830. The highest BCUT2D eigenvalue weighted by Gasteiger charge is 2.34. The number of fused-ring (bicyclic) bond motifs is 6. The number of benzene rings is 1. The zero-order chi connectivity index (χ0) is 39.5. The first-order valence-electron chi connectivity index (χ1n) is 17.6. The largest absolute Gasteiger partial charge is 0.444 e. The number of nitrogens with one attached hydrogen (secondary N) is 4. The smallest absolute Gasteiger partial charge is 0.410 e. The van der Waals surface area contributed by atoms with E-state index in [0.29, 0.717) is 59.8 Å². The van der Waals surface area contributed by atoms with E-state index in [1.165, 1.54) is 23.1 Å². The van der Waals surface area contributed by atoms with Crippen LogP contribution in [0.5, 0.6) is 0 Å². The van der Waals surface area contributed by atoms with Crippen molar-refractivity contribution in [3.05, 3.63) is 100 Å². The van der Waals surface area contributed by atoms with Gasteiger partial charge in [0.1, 0.15) is 29.2 Å². The standard InChI is InChI=1S/C39H33F2I2N9O4/c1-39(2,3)56-38(55)52-11-9-26(24(41)17-52)48-35-20-8-7-18(40)12-21(20)28-33(50-35)30(43)32(51-37(28)54)27-13-22-23(15-45-27)29-31(25(42)16-47-36(29)53)49-34(22)46-14-19-6-4-5-10-44-19/h4-8,10,12-13,15-16,24,26H,9,11,14,17H2,1-3H3,(H,46,49)(H,47,53)(H,48,50)(H,51,54)/t24-,26-/m0/s1. The number of rotatable bonds is 6. The number of halogens is 4. The quantitative estimate of drug-likeness (QED) is 0.0960. The molecule has 0 spiro atoms. The van der Waals surface area contributed by atoms with Crippen molar-refractivity contribution < 1.29 is 18.3 Å².